The fourth-order valence-electron chi connectivity index (χ4n) is 2.39. The minimum Gasteiger partial charge on any atom is -0.371 e. The summed E-state index contributed by atoms with van der Waals surface area (Å²) in [5.41, 5.74) is 5.77. The number of fused-ring (bicyclic) bond motifs is 1. The zero-order valence-corrected chi connectivity index (χ0v) is 10.0. The number of nitriles is 1. The Morgan fingerprint density at radius 2 is 1.88 bits per heavy atom. The van der Waals surface area contributed by atoms with Gasteiger partial charge in [-0.25, -0.2) is 0 Å². The molecule has 2 aliphatic carbocycles. The highest BCUT2D eigenvalue weighted by molar-refractivity contribution is 5.69. The van der Waals surface area contributed by atoms with Crippen LogP contribution < -0.4 is 0 Å². The third-order valence-electron chi connectivity index (χ3n) is 3.13. The molecular weight excluding hydrogens is 196 g/mol. The van der Waals surface area contributed by atoms with E-state index in [1.165, 1.54) is 22.4 Å². The van der Waals surface area contributed by atoms with Crippen molar-refractivity contribution in [3.8, 4) is 6.07 Å². The largest absolute Gasteiger partial charge is 0.371 e. The SMILES string of the molecule is CCN(CC)C1=C2C=C(C#N)C=C2C=C1C. The van der Waals surface area contributed by atoms with Crippen LogP contribution in [0.5, 0.6) is 0 Å². The lowest BCUT2D eigenvalue weighted by molar-refractivity contribution is 0.389. The average molecular weight is 212 g/mol. The first kappa shape index (κ1) is 10.8. The summed E-state index contributed by atoms with van der Waals surface area (Å²) in [6, 6.07) is 2.21. The number of hydrogen-bond acceptors (Lipinski definition) is 2. The molecule has 0 aliphatic heterocycles. The van der Waals surface area contributed by atoms with Crippen LogP contribution in [-0.4, -0.2) is 18.0 Å². The highest BCUT2D eigenvalue weighted by Crippen LogP contribution is 2.38. The van der Waals surface area contributed by atoms with Crippen molar-refractivity contribution in [3.05, 3.63) is 46.2 Å². The molecule has 0 radical (unpaired) electrons. The summed E-state index contributed by atoms with van der Waals surface area (Å²) < 4.78 is 0. The van der Waals surface area contributed by atoms with Gasteiger partial charge in [-0.1, -0.05) is 0 Å². The van der Waals surface area contributed by atoms with Crippen LogP contribution in [0.4, 0.5) is 0 Å². The van der Waals surface area contributed by atoms with Gasteiger partial charge in [0.15, 0.2) is 0 Å². The predicted molar refractivity (Wildman–Crippen MR) is 65.5 cm³/mol. The lowest BCUT2D eigenvalue weighted by atomic mass is 10.1. The molecule has 0 aromatic carbocycles. The first-order valence-corrected chi connectivity index (χ1v) is 5.73. The van der Waals surface area contributed by atoms with Crippen LogP contribution >= 0.6 is 0 Å². The smallest absolute Gasteiger partial charge is 0.0992 e. The van der Waals surface area contributed by atoms with Gasteiger partial charge in [0.2, 0.25) is 0 Å². The zero-order valence-electron chi connectivity index (χ0n) is 10.0. The van der Waals surface area contributed by atoms with Crippen LogP contribution in [0, 0.1) is 11.3 Å². The fraction of sp³-hybridized carbons (Fsp3) is 0.357. The molecule has 0 amide bonds. The first-order chi connectivity index (χ1) is 7.71. The molecule has 0 N–H and O–H groups in total. The van der Waals surface area contributed by atoms with Gasteiger partial charge < -0.3 is 4.90 Å². The van der Waals surface area contributed by atoms with E-state index < -0.39 is 0 Å². The van der Waals surface area contributed by atoms with E-state index in [4.69, 9.17) is 5.26 Å². The third-order valence-corrected chi connectivity index (χ3v) is 3.13. The highest BCUT2D eigenvalue weighted by Gasteiger charge is 2.24. The first-order valence-electron chi connectivity index (χ1n) is 5.73. The van der Waals surface area contributed by atoms with Gasteiger partial charge in [0.1, 0.15) is 0 Å². The van der Waals surface area contributed by atoms with E-state index >= 15 is 0 Å². The van der Waals surface area contributed by atoms with Crippen molar-refractivity contribution < 1.29 is 0 Å². The molecule has 0 unspecified atom stereocenters. The maximum Gasteiger partial charge on any atom is 0.0992 e. The minimum absolute atomic E-state index is 0.762. The third kappa shape index (κ3) is 1.49. The molecule has 2 aliphatic rings. The molecule has 2 heteroatoms. The molecule has 2 nitrogen and oxygen atoms in total. The Kier molecular flexibility index (Phi) is 2.70. The monoisotopic (exact) mass is 212 g/mol. The molecule has 0 atom stereocenters. The van der Waals surface area contributed by atoms with E-state index in [9.17, 15) is 0 Å². The number of rotatable bonds is 3. The van der Waals surface area contributed by atoms with E-state index in [0.29, 0.717) is 0 Å². The molecule has 0 aromatic heterocycles. The maximum atomic E-state index is 8.91. The van der Waals surface area contributed by atoms with Crippen molar-refractivity contribution in [1.82, 2.24) is 4.90 Å². The molecule has 0 spiro atoms. The zero-order chi connectivity index (χ0) is 11.7. The molecule has 2 rings (SSSR count). The van der Waals surface area contributed by atoms with Gasteiger partial charge in [-0.05, 0) is 50.1 Å². The molecule has 0 fully saturated rings. The average Bonchev–Trinajstić information content (AvgIpc) is 2.79. The van der Waals surface area contributed by atoms with Crippen LogP contribution in [0.1, 0.15) is 20.8 Å². The predicted octanol–water partition coefficient (Wildman–Crippen LogP) is 2.93. The second-order valence-electron chi connectivity index (χ2n) is 4.07. The van der Waals surface area contributed by atoms with Gasteiger partial charge >= 0.3 is 0 Å². The van der Waals surface area contributed by atoms with Gasteiger partial charge in [-0.2, -0.15) is 5.26 Å². The lowest BCUT2D eigenvalue weighted by Gasteiger charge is -2.24. The number of nitrogens with zero attached hydrogens (tertiary/aromatic N) is 2. The second kappa shape index (κ2) is 4.02. The van der Waals surface area contributed by atoms with Gasteiger partial charge in [-0.15, -0.1) is 0 Å². The minimum atomic E-state index is 0.762. The van der Waals surface area contributed by atoms with Crippen LogP contribution in [0.2, 0.25) is 0 Å². The Morgan fingerprint density at radius 3 is 2.44 bits per heavy atom. The molecule has 0 saturated carbocycles. The van der Waals surface area contributed by atoms with Gasteiger partial charge in [-0.3, -0.25) is 0 Å². The van der Waals surface area contributed by atoms with E-state index in [0.717, 1.165) is 18.7 Å². The molecule has 0 saturated heterocycles. The van der Waals surface area contributed by atoms with Crippen LogP contribution in [0.3, 0.4) is 0 Å². The van der Waals surface area contributed by atoms with Crippen molar-refractivity contribution in [3.63, 3.8) is 0 Å². The number of allylic oxidation sites excluding steroid dienone is 7. The normalized spacial score (nSPS) is 17.8. The van der Waals surface area contributed by atoms with Crippen molar-refractivity contribution in [2.24, 2.45) is 0 Å². The van der Waals surface area contributed by atoms with E-state index in [2.05, 4.69) is 37.8 Å². The standard InChI is InChI=1S/C14H16N2/c1-4-16(5-2)14-10(3)6-12-7-11(9-15)8-13(12)14/h6-8H,4-5H2,1-3H3. The summed E-state index contributed by atoms with van der Waals surface area (Å²) in [5, 5.41) is 8.91. The second-order valence-corrected chi connectivity index (χ2v) is 4.07. The fourth-order valence-corrected chi connectivity index (χ4v) is 2.39. The van der Waals surface area contributed by atoms with Crippen LogP contribution in [0.15, 0.2) is 46.2 Å². The van der Waals surface area contributed by atoms with E-state index in [-0.39, 0.29) is 0 Å². The highest BCUT2D eigenvalue weighted by atomic mass is 15.1. The van der Waals surface area contributed by atoms with Crippen LogP contribution in [0.25, 0.3) is 0 Å². The number of likely N-dealkylation sites (N-methyl/N-ethyl adjacent to an activating group) is 1. The summed E-state index contributed by atoms with van der Waals surface area (Å²) in [7, 11) is 0. The topological polar surface area (TPSA) is 27.0 Å². The summed E-state index contributed by atoms with van der Waals surface area (Å²) in [6.07, 6.45) is 6.13. The quantitative estimate of drug-likeness (QED) is 0.719. The van der Waals surface area contributed by atoms with E-state index in [1.807, 2.05) is 12.2 Å². The lowest BCUT2D eigenvalue weighted by Crippen LogP contribution is -2.23. The van der Waals surface area contributed by atoms with Crippen molar-refractivity contribution in [2.45, 2.75) is 20.8 Å². The Bertz CT molecular complexity index is 477. The van der Waals surface area contributed by atoms with Crippen molar-refractivity contribution in [1.29, 1.82) is 5.26 Å². The van der Waals surface area contributed by atoms with Gasteiger partial charge in [0.05, 0.1) is 11.6 Å². The van der Waals surface area contributed by atoms with E-state index in [1.54, 1.807) is 0 Å². The summed E-state index contributed by atoms with van der Waals surface area (Å²) >= 11 is 0. The molecule has 0 bridgehead atoms. The summed E-state index contributed by atoms with van der Waals surface area (Å²) in [6.45, 7) is 8.47. The van der Waals surface area contributed by atoms with Crippen molar-refractivity contribution in [2.75, 3.05) is 13.1 Å². The summed E-state index contributed by atoms with van der Waals surface area (Å²) in [5.74, 6) is 0. The Hall–Kier alpha value is -1.75. The Labute approximate surface area is 96.9 Å². The molecule has 16 heavy (non-hydrogen) atoms. The summed E-state index contributed by atoms with van der Waals surface area (Å²) in [4.78, 5) is 2.35. The number of hydrogen-bond donors (Lipinski definition) is 0. The van der Waals surface area contributed by atoms with Gasteiger partial charge in [0, 0.05) is 24.4 Å². The van der Waals surface area contributed by atoms with Crippen molar-refractivity contribution >= 4 is 0 Å². The Balaban J connectivity index is 2.48. The molecular formula is C14H16N2. The van der Waals surface area contributed by atoms with Gasteiger partial charge in [0.25, 0.3) is 0 Å². The molecule has 82 valence electrons. The maximum absolute atomic E-state index is 8.91. The Morgan fingerprint density at radius 1 is 1.19 bits per heavy atom. The van der Waals surface area contributed by atoms with Crippen LogP contribution in [-0.2, 0) is 0 Å². The molecule has 0 heterocycles. The molecule has 0 aromatic rings.